The molecule has 157 valence electrons. The first-order chi connectivity index (χ1) is 15.4. The van der Waals surface area contributed by atoms with Crippen LogP contribution in [-0.4, -0.2) is 16.9 Å². The molecule has 0 fully saturated rings. The van der Waals surface area contributed by atoms with Crippen LogP contribution in [0.25, 0.3) is 54.7 Å². The summed E-state index contributed by atoms with van der Waals surface area (Å²) in [4.78, 5) is 0. The zero-order chi connectivity index (χ0) is 21.8. The molecule has 0 bridgehead atoms. The Kier molecular flexibility index (Phi) is 3.27. The highest BCUT2D eigenvalue weighted by atomic mass is 28.3. The minimum absolute atomic E-state index is 0.0843. The summed E-state index contributed by atoms with van der Waals surface area (Å²) in [7, 11) is -2.38. The van der Waals surface area contributed by atoms with E-state index in [1.165, 1.54) is 54.7 Å². The zero-order valence-electron chi connectivity index (χ0n) is 19.0. The van der Waals surface area contributed by atoms with Gasteiger partial charge in [-0.25, -0.2) is 0 Å². The summed E-state index contributed by atoms with van der Waals surface area (Å²) >= 11 is 0. The van der Waals surface area contributed by atoms with Crippen LogP contribution in [0.4, 0.5) is 0 Å². The maximum absolute atomic E-state index is 2.78. The maximum Gasteiger partial charge on any atom is 0.0707 e. The van der Waals surface area contributed by atoms with Crippen LogP contribution in [0.1, 0.15) is 20.8 Å². The van der Waals surface area contributed by atoms with Gasteiger partial charge in [0, 0.05) is 54.7 Å². The number of benzene rings is 4. The molecule has 0 amide bonds. The van der Waals surface area contributed by atoms with Gasteiger partial charge in [0.1, 0.15) is 0 Å². The van der Waals surface area contributed by atoms with Crippen LogP contribution in [0.5, 0.6) is 0 Å². The molecule has 2 aromatic heterocycles. The van der Waals surface area contributed by atoms with Crippen LogP contribution >= 0.6 is 0 Å². The number of nitrogens with zero attached hydrogens (tertiary/aromatic N) is 2. The molecule has 0 radical (unpaired) electrons. The van der Waals surface area contributed by atoms with Gasteiger partial charge in [-0.15, -0.1) is 11.6 Å². The highest BCUT2D eigenvalue weighted by molar-refractivity contribution is 6.82. The van der Waals surface area contributed by atoms with Gasteiger partial charge in [-0.3, -0.25) is 0 Å². The van der Waals surface area contributed by atoms with Crippen molar-refractivity contribution in [1.82, 2.24) is 8.47 Å². The fourth-order valence-electron chi connectivity index (χ4n) is 6.15. The maximum atomic E-state index is 2.78. The van der Waals surface area contributed by atoms with Crippen LogP contribution in [0.15, 0.2) is 84.9 Å². The molecule has 3 heterocycles. The van der Waals surface area contributed by atoms with Gasteiger partial charge in [0.15, 0.2) is 0 Å². The lowest BCUT2D eigenvalue weighted by molar-refractivity contribution is 0.685. The van der Waals surface area contributed by atoms with Crippen LogP contribution in [0.2, 0.25) is 11.6 Å². The highest BCUT2D eigenvalue weighted by Gasteiger charge is 2.39. The van der Waals surface area contributed by atoms with Gasteiger partial charge in [-0.2, -0.15) is 0 Å². The van der Waals surface area contributed by atoms with E-state index < -0.39 is 8.40 Å². The van der Waals surface area contributed by atoms with Crippen LogP contribution in [0.3, 0.4) is 0 Å². The third kappa shape index (κ3) is 1.92. The van der Waals surface area contributed by atoms with Crippen molar-refractivity contribution in [2.75, 3.05) is 0 Å². The largest absolute Gasteiger partial charge is 0.476 e. The van der Waals surface area contributed by atoms with E-state index in [2.05, 4.69) is 121 Å². The lowest BCUT2D eigenvalue weighted by atomic mass is 9.99. The predicted molar refractivity (Wildman–Crippen MR) is 140 cm³/mol. The van der Waals surface area contributed by atoms with Crippen LogP contribution in [0, 0.1) is 0 Å². The number of hydrogen-bond donors (Lipinski definition) is 0. The van der Waals surface area contributed by atoms with Crippen LogP contribution < -0.4 is 0 Å². The van der Waals surface area contributed by atoms with Gasteiger partial charge < -0.3 is 8.47 Å². The normalized spacial score (nSPS) is 15.1. The molecule has 4 aromatic carbocycles. The third-order valence-corrected chi connectivity index (χ3v) is 13.5. The van der Waals surface area contributed by atoms with E-state index in [0.717, 1.165) is 0 Å². The van der Waals surface area contributed by atoms with E-state index in [1.54, 1.807) is 0 Å². The summed E-state index contributed by atoms with van der Waals surface area (Å²) in [5.74, 6) is 0. The molecule has 0 N–H and O–H groups in total. The van der Waals surface area contributed by atoms with Gasteiger partial charge >= 0.3 is 0 Å². The van der Waals surface area contributed by atoms with Gasteiger partial charge in [-0.1, -0.05) is 93.6 Å². The van der Waals surface area contributed by atoms with E-state index in [4.69, 9.17) is 0 Å². The number of fused-ring (bicyclic) bond motifs is 7. The molecule has 6 aromatic rings. The summed E-state index contributed by atoms with van der Waals surface area (Å²) in [5, 5.41) is 5.54. The Hall–Kier alpha value is -3.30. The Labute approximate surface area is 188 Å². The predicted octanol–water partition coefficient (Wildman–Crippen LogP) is 8.15. The summed E-state index contributed by atoms with van der Waals surface area (Å²) in [6.45, 7) is 9.90. The van der Waals surface area contributed by atoms with Crippen molar-refractivity contribution in [2.45, 2.75) is 32.4 Å². The average molecular weight is 431 g/mol. The molecule has 2 nitrogen and oxygen atoms in total. The topological polar surface area (TPSA) is 9.86 Å². The first-order valence-electron chi connectivity index (χ1n) is 11.5. The Balaban J connectivity index is 1.89. The van der Waals surface area contributed by atoms with E-state index in [1.807, 2.05) is 0 Å². The van der Waals surface area contributed by atoms with Gasteiger partial charge in [0.25, 0.3) is 0 Å². The molecule has 32 heavy (non-hydrogen) atoms. The molecule has 0 aliphatic carbocycles. The smallest absolute Gasteiger partial charge is 0.0707 e. The first kappa shape index (κ1) is 18.3. The minimum Gasteiger partial charge on any atom is -0.476 e. The SMILES string of the molecule is CC(C)(C)[Si-]1(C)n2c3ccccc3c3cccc(c32)-c2cccc3c4ccccc4n1c23. The van der Waals surface area contributed by atoms with E-state index >= 15 is 0 Å². The van der Waals surface area contributed by atoms with Gasteiger partial charge in [-0.05, 0) is 12.1 Å². The van der Waals surface area contributed by atoms with Gasteiger partial charge in [0.2, 0.25) is 0 Å². The Morgan fingerprint density at radius 3 is 1.38 bits per heavy atom. The molecule has 1 aliphatic heterocycles. The third-order valence-electron chi connectivity index (χ3n) is 7.97. The molecular formula is C29H26N2Si-. The van der Waals surface area contributed by atoms with Crippen molar-refractivity contribution >= 4 is 52.0 Å². The summed E-state index contributed by atoms with van der Waals surface area (Å²) in [6.07, 6.45) is 0. The van der Waals surface area contributed by atoms with E-state index in [9.17, 15) is 0 Å². The molecule has 0 atom stereocenters. The van der Waals surface area contributed by atoms with Gasteiger partial charge in [0.05, 0.1) is 8.40 Å². The summed E-state index contributed by atoms with van der Waals surface area (Å²) < 4.78 is 5.55. The molecule has 3 heteroatoms. The Morgan fingerprint density at radius 2 is 0.938 bits per heavy atom. The highest BCUT2D eigenvalue weighted by Crippen LogP contribution is 2.51. The minimum atomic E-state index is -2.38. The molecule has 0 spiro atoms. The molecule has 0 saturated heterocycles. The Morgan fingerprint density at radius 1 is 0.531 bits per heavy atom. The standard InChI is InChI=1S/C29H26N2Si/c1-29(2,3)32(4)30-25-17-7-5-11-19(25)21-13-9-15-23(27(21)30)24-16-10-14-22-20-12-6-8-18-26(20)31(32)28(22)24/h5-18H,1-4H3/q-1. The second-order valence-electron chi connectivity index (χ2n) is 10.4. The van der Waals surface area contributed by atoms with Crippen LogP contribution in [-0.2, 0) is 0 Å². The van der Waals surface area contributed by atoms with Crippen molar-refractivity contribution in [1.29, 1.82) is 0 Å². The average Bonchev–Trinajstić information content (AvgIpc) is 3.28. The summed E-state index contributed by atoms with van der Waals surface area (Å²) in [5.41, 5.74) is 8.23. The van der Waals surface area contributed by atoms with Crippen molar-refractivity contribution in [3.05, 3.63) is 84.9 Å². The van der Waals surface area contributed by atoms with Crippen molar-refractivity contribution in [3.63, 3.8) is 0 Å². The second kappa shape index (κ2) is 5.73. The molecule has 0 saturated carbocycles. The number of aromatic nitrogens is 2. The van der Waals surface area contributed by atoms with E-state index in [0.29, 0.717) is 0 Å². The molecule has 1 aliphatic rings. The van der Waals surface area contributed by atoms with Crippen molar-refractivity contribution < 1.29 is 0 Å². The number of hydrogen-bond acceptors (Lipinski definition) is 0. The fourth-order valence-corrected chi connectivity index (χ4v) is 10.4. The quantitative estimate of drug-likeness (QED) is 0.215. The monoisotopic (exact) mass is 430 g/mol. The van der Waals surface area contributed by atoms with Crippen molar-refractivity contribution in [2.24, 2.45) is 0 Å². The molecular weight excluding hydrogens is 404 g/mol. The van der Waals surface area contributed by atoms with E-state index in [-0.39, 0.29) is 5.04 Å². The Bertz CT molecular complexity index is 1610. The lowest BCUT2D eigenvalue weighted by Gasteiger charge is -2.55. The van der Waals surface area contributed by atoms with Crippen molar-refractivity contribution in [3.8, 4) is 11.1 Å². The number of rotatable bonds is 0. The fraction of sp³-hybridized carbons (Fsp3) is 0.172. The zero-order valence-corrected chi connectivity index (χ0v) is 20.0. The lowest BCUT2D eigenvalue weighted by Crippen LogP contribution is -2.55. The first-order valence-corrected chi connectivity index (χ1v) is 13.9. The molecule has 7 rings (SSSR count). The second-order valence-corrected chi connectivity index (χ2v) is 14.8. The number of para-hydroxylation sites is 4. The summed E-state index contributed by atoms with van der Waals surface area (Å²) in [6, 6.07) is 31.8. The molecule has 0 unspecified atom stereocenters.